The van der Waals surface area contributed by atoms with Crippen molar-refractivity contribution in [3.63, 3.8) is 0 Å². The van der Waals surface area contributed by atoms with Gasteiger partial charge in [0.05, 0.1) is 19.8 Å². The van der Waals surface area contributed by atoms with Crippen molar-refractivity contribution in [2.24, 2.45) is 5.90 Å². The second-order valence-corrected chi connectivity index (χ2v) is 4.60. The molecule has 1 aromatic carbocycles. The predicted molar refractivity (Wildman–Crippen MR) is 81.9 cm³/mol. The van der Waals surface area contributed by atoms with Gasteiger partial charge in [-0.2, -0.15) is 10.3 Å². The largest absolute Gasteiger partial charge is 0.465 e. The fourth-order valence-corrected chi connectivity index (χ4v) is 1.95. The minimum absolute atomic E-state index is 0.101. The van der Waals surface area contributed by atoms with Crippen molar-refractivity contribution < 1.29 is 28.2 Å². The molecule has 0 bridgehead atoms. The van der Waals surface area contributed by atoms with E-state index < -0.39 is 11.8 Å². The topological polar surface area (TPSA) is 82.1 Å². The molecular weight excluding hydrogens is 329 g/mol. The van der Waals surface area contributed by atoms with Crippen LogP contribution in [0, 0.1) is 12.7 Å². The Morgan fingerprint density at radius 2 is 1.83 bits per heavy atom. The van der Waals surface area contributed by atoms with Crippen molar-refractivity contribution in [3.05, 3.63) is 52.5 Å². The van der Waals surface area contributed by atoms with Crippen LogP contribution < -0.4 is 5.90 Å². The molecule has 23 heavy (non-hydrogen) atoms. The summed E-state index contributed by atoms with van der Waals surface area (Å²) in [6.07, 6.45) is 0.841. The lowest BCUT2D eigenvalue weighted by Gasteiger charge is -2.01. The number of aryl methyl sites for hydroxylation is 1. The van der Waals surface area contributed by atoms with Crippen LogP contribution in [-0.2, 0) is 14.6 Å². The zero-order chi connectivity index (χ0) is 17.4. The zero-order valence-corrected chi connectivity index (χ0v) is 13.5. The van der Waals surface area contributed by atoms with Crippen LogP contribution in [0.5, 0.6) is 0 Å². The predicted octanol–water partition coefficient (Wildman–Crippen LogP) is 3.55. The molecular formula is C15H16ClFNO5+. The third-order valence-corrected chi connectivity index (χ3v) is 3.10. The minimum atomic E-state index is -0.854. The number of hydrogen-bond donors (Lipinski definition) is 1. The molecule has 2 rings (SSSR count). The molecule has 0 saturated carbocycles. The van der Waals surface area contributed by atoms with E-state index in [1.807, 2.05) is 19.1 Å². The zero-order valence-electron chi connectivity index (χ0n) is 12.8. The van der Waals surface area contributed by atoms with Crippen LogP contribution in [-0.4, -0.2) is 20.2 Å². The molecule has 0 radical (unpaired) electrons. The van der Waals surface area contributed by atoms with Crippen LogP contribution in [0.15, 0.2) is 34.9 Å². The van der Waals surface area contributed by atoms with Crippen molar-refractivity contribution in [1.29, 1.82) is 0 Å². The third kappa shape index (κ3) is 4.97. The molecule has 1 heterocycles. The van der Waals surface area contributed by atoms with Gasteiger partial charge in [-0.15, -0.1) is 4.99 Å². The lowest BCUT2D eigenvalue weighted by Crippen LogP contribution is -2.06. The number of ether oxygens (including phenoxy) is 1. The van der Waals surface area contributed by atoms with Crippen LogP contribution in [0.4, 0.5) is 4.39 Å². The van der Waals surface area contributed by atoms with Gasteiger partial charge in [0.25, 0.3) is 0 Å². The van der Waals surface area contributed by atoms with Gasteiger partial charge in [-0.25, -0.2) is 14.1 Å². The van der Waals surface area contributed by atoms with E-state index in [9.17, 15) is 9.18 Å². The Morgan fingerprint density at radius 1 is 1.26 bits per heavy atom. The molecule has 0 aliphatic carbocycles. The van der Waals surface area contributed by atoms with Crippen LogP contribution in [0.3, 0.4) is 0 Å². The standard InChI is InChI=1S/C14H11ClFO3.CH5NO2/c1-8-3-5-9(6-4-8)13-12(15)11(14(17)18-2)10(16)7-19-13;1-3-4-2/h3-7H,1-2H3;2H2,1H3/q+1;. The van der Waals surface area contributed by atoms with E-state index in [0.29, 0.717) is 5.56 Å². The molecule has 0 aliphatic heterocycles. The molecule has 0 amide bonds. The van der Waals surface area contributed by atoms with E-state index in [0.717, 1.165) is 18.9 Å². The van der Waals surface area contributed by atoms with Gasteiger partial charge in [0.15, 0.2) is 5.02 Å². The summed E-state index contributed by atoms with van der Waals surface area (Å²) in [4.78, 5) is 18.9. The van der Waals surface area contributed by atoms with Gasteiger partial charge in [0, 0.05) is 0 Å². The van der Waals surface area contributed by atoms with Gasteiger partial charge < -0.3 is 4.74 Å². The number of rotatable bonds is 3. The number of methoxy groups -OCH3 is 1. The minimum Gasteiger partial charge on any atom is -0.465 e. The number of hydrogen-bond acceptors (Lipinski definition) is 5. The first kappa shape index (κ1) is 19.0. The van der Waals surface area contributed by atoms with Crippen molar-refractivity contribution in [2.45, 2.75) is 6.92 Å². The molecule has 2 aromatic rings. The van der Waals surface area contributed by atoms with Gasteiger partial charge in [0.2, 0.25) is 5.82 Å². The molecule has 6 nitrogen and oxygen atoms in total. The van der Waals surface area contributed by atoms with Crippen LogP contribution in [0.1, 0.15) is 15.9 Å². The molecule has 0 aliphatic rings. The average Bonchev–Trinajstić information content (AvgIpc) is 2.56. The molecule has 8 heteroatoms. The molecule has 124 valence electrons. The lowest BCUT2D eigenvalue weighted by molar-refractivity contribution is -0.277. The van der Waals surface area contributed by atoms with E-state index in [-0.39, 0.29) is 16.3 Å². The van der Waals surface area contributed by atoms with Crippen LogP contribution >= 0.6 is 11.6 Å². The average molecular weight is 345 g/mol. The summed E-state index contributed by atoms with van der Waals surface area (Å²) >= 11 is 6.03. The number of carbonyl (C=O) groups excluding carboxylic acids is 1. The second-order valence-electron chi connectivity index (χ2n) is 4.22. The van der Waals surface area contributed by atoms with Crippen LogP contribution in [0.2, 0.25) is 5.02 Å². The first-order chi connectivity index (χ1) is 11.0. The highest BCUT2D eigenvalue weighted by molar-refractivity contribution is 6.35. The fraction of sp³-hybridized carbons (Fsp3) is 0.200. The summed E-state index contributed by atoms with van der Waals surface area (Å²) in [7, 11) is 2.49. The normalized spacial score (nSPS) is 9.83. The maximum absolute atomic E-state index is 13.6. The third-order valence-electron chi connectivity index (χ3n) is 2.74. The Labute approximate surface area is 137 Å². The highest BCUT2D eigenvalue weighted by Gasteiger charge is 2.29. The first-order valence-electron chi connectivity index (χ1n) is 6.30. The monoisotopic (exact) mass is 344 g/mol. The Kier molecular flexibility index (Phi) is 7.56. The summed E-state index contributed by atoms with van der Waals surface area (Å²) in [5, 5.41) is -0.101. The summed E-state index contributed by atoms with van der Waals surface area (Å²) in [5.41, 5.74) is 1.39. The molecule has 0 unspecified atom stereocenters. The lowest BCUT2D eigenvalue weighted by atomic mass is 10.1. The summed E-state index contributed by atoms with van der Waals surface area (Å²) in [6.45, 7) is 1.94. The summed E-state index contributed by atoms with van der Waals surface area (Å²) in [5.74, 6) is 2.84. The van der Waals surface area contributed by atoms with Crippen molar-refractivity contribution in [3.8, 4) is 11.3 Å². The molecule has 2 N–H and O–H groups in total. The highest BCUT2D eigenvalue weighted by atomic mass is 35.5. The van der Waals surface area contributed by atoms with Crippen molar-refractivity contribution >= 4 is 17.6 Å². The van der Waals surface area contributed by atoms with E-state index in [2.05, 4.69) is 20.5 Å². The maximum Gasteiger partial charge on any atom is 0.379 e. The molecule has 0 atom stereocenters. The van der Waals surface area contributed by atoms with E-state index in [1.165, 1.54) is 7.11 Å². The Hall–Kier alpha value is -2.06. The number of nitrogens with two attached hydrogens (primary N) is 1. The molecule has 0 spiro atoms. The van der Waals surface area contributed by atoms with Gasteiger partial charge in [0.1, 0.15) is 5.56 Å². The molecule has 0 saturated heterocycles. The van der Waals surface area contributed by atoms with E-state index in [4.69, 9.17) is 16.0 Å². The van der Waals surface area contributed by atoms with Gasteiger partial charge in [-0.05, 0) is 19.1 Å². The van der Waals surface area contributed by atoms with Crippen LogP contribution in [0.25, 0.3) is 11.3 Å². The Bertz CT molecular complexity index is 662. The number of carbonyl (C=O) groups is 1. The van der Waals surface area contributed by atoms with Gasteiger partial charge in [-0.3, -0.25) is 0 Å². The second kappa shape index (κ2) is 9.16. The van der Waals surface area contributed by atoms with E-state index in [1.54, 1.807) is 12.1 Å². The number of halogens is 2. The van der Waals surface area contributed by atoms with Gasteiger partial charge in [-0.1, -0.05) is 29.3 Å². The van der Waals surface area contributed by atoms with E-state index >= 15 is 0 Å². The quantitative estimate of drug-likeness (QED) is 0.397. The van der Waals surface area contributed by atoms with Crippen molar-refractivity contribution in [1.82, 2.24) is 0 Å². The molecule has 1 aromatic heterocycles. The Balaban J connectivity index is 0.000000593. The SMILES string of the molecule is COC(=O)c1c(F)c[o+]c(-c2ccc(C)cc2)c1Cl.COON. The van der Waals surface area contributed by atoms with Gasteiger partial charge >= 0.3 is 18.0 Å². The number of esters is 1. The Morgan fingerprint density at radius 3 is 2.30 bits per heavy atom. The fourth-order valence-electron chi connectivity index (χ4n) is 1.63. The number of benzene rings is 1. The summed E-state index contributed by atoms with van der Waals surface area (Å²) < 4.78 is 23.2. The maximum atomic E-state index is 13.6. The first-order valence-corrected chi connectivity index (χ1v) is 6.68. The smallest absolute Gasteiger partial charge is 0.379 e. The van der Waals surface area contributed by atoms with Crippen molar-refractivity contribution in [2.75, 3.05) is 14.2 Å². The molecule has 0 fully saturated rings. The highest BCUT2D eigenvalue weighted by Crippen LogP contribution is 2.32. The summed E-state index contributed by atoms with van der Waals surface area (Å²) in [6, 6.07) is 7.28.